The smallest absolute Gasteiger partial charge is 0.169 e. The zero-order chi connectivity index (χ0) is 13.7. The molecule has 0 N–H and O–H groups in total. The van der Waals surface area contributed by atoms with Gasteiger partial charge >= 0.3 is 0 Å². The third-order valence-corrected chi connectivity index (χ3v) is 5.65. The highest BCUT2D eigenvalue weighted by atomic mass is 32.2. The molecule has 0 bridgehead atoms. The van der Waals surface area contributed by atoms with Crippen molar-refractivity contribution in [1.82, 2.24) is 4.90 Å². The number of halogens is 1. The van der Waals surface area contributed by atoms with Crippen molar-refractivity contribution < 1.29 is 8.81 Å². The zero-order valence-corrected chi connectivity index (χ0v) is 12.4. The highest BCUT2D eigenvalue weighted by Crippen LogP contribution is 2.47. The molecule has 2 aliphatic heterocycles. The van der Waals surface area contributed by atoms with Gasteiger partial charge in [-0.25, -0.2) is 4.39 Å². The normalized spacial score (nSPS) is 18.1. The molecule has 3 heterocycles. The molecule has 0 saturated carbocycles. The molecular formula is C14H11FN2OS2. The lowest BCUT2D eigenvalue weighted by atomic mass is 10.1. The van der Waals surface area contributed by atoms with E-state index in [4.69, 9.17) is 4.42 Å². The van der Waals surface area contributed by atoms with Gasteiger partial charge in [-0.1, -0.05) is 0 Å². The first-order valence-electron chi connectivity index (χ1n) is 6.23. The van der Waals surface area contributed by atoms with Crippen LogP contribution in [0.1, 0.15) is 5.56 Å². The van der Waals surface area contributed by atoms with Crippen molar-refractivity contribution >= 4 is 45.4 Å². The van der Waals surface area contributed by atoms with E-state index in [9.17, 15) is 4.39 Å². The van der Waals surface area contributed by atoms with Gasteiger partial charge in [0.2, 0.25) is 0 Å². The van der Waals surface area contributed by atoms with Gasteiger partial charge < -0.3 is 9.32 Å². The van der Waals surface area contributed by atoms with Crippen molar-refractivity contribution in [3.8, 4) is 0 Å². The molecule has 0 saturated heterocycles. The minimum atomic E-state index is -0.273. The van der Waals surface area contributed by atoms with Crippen LogP contribution >= 0.6 is 23.5 Å². The van der Waals surface area contributed by atoms with E-state index in [1.807, 2.05) is 12.3 Å². The van der Waals surface area contributed by atoms with Crippen molar-refractivity contribution in [2.24, 2.45) is 4.99 Å². The molecule has 1 aromatic carbocycles. The molecule has 2 aliphatic rings. The molecule has 2 aromatic rings. The molecule has 0 atom stereocenters. The quantitative estimate of drug-likeness (QED) is 0.839. The van der Waals surface area contributed by atoms with E-state index in [2.05, 4.69) is 9.89 Å². The molecule has 20 heavy (non-hydrogen) atoms. The highest BCUT2D eigenvalue weighted by Gasteiger charge is 2.33. The summed E-state index contributed by atoms with van der Waals surface area (Å²) >= 11 is 3.34. The Labute approximate surface area is 123 Å². The first kappa shape index (κ1) is 12.3. The Hall–Kier alpha value is -1.40. The lowest BCUT2D eigenvalue weighted by Crippen LogP contribution is -2.20. The maximum absolute atomic E-state index is 13.9. The molecule has 0 fully saturated rings. The summed E-state index contributed by atoms with van der Waals surface area (Å²) in [5.41, 5.74) is 2.53. The van der Waals surface area contributed by atoms with Crippen molar-refractivity contribution in [1.29, 1.82) is 0 Å². The fourth-order valence-corrected chi connectivity index (χ4v) is 4.49. The molecule has 3 nitrogen and oxygen atoms in total. The third kappa shape index (κ3) is 1.71. The minimum Gasteiger partial charge on any atom is -0.464 e. The van der Waals surface area contributed by atoms with Gasteiger partial charge in [0.15, 0.2) is 5.17 Å². The van der Waals surface area contributed by atoms with Crippen molar-refractivity contribution in [2.45, 2.75) is 0 Å². The average molecular weight is 306 g/mol. The van der Waals surface area contributed by atoms with E-state index < -0.39 is 0 Å². The number of benzene rings is 1. The average Bonchev–Trinajstić information content (AvgIpc) is 3.11. The van der Waals surface area contributed by atoms with Gasteiger partial charge in [0.1, 0.15) is 11.4 Å². The molecule has 102 valence electrons. The van der Waals surface area contributed by atoms with Crippen molar-refractivity contribution in [3.05, 3.63) is 40.1 Å². The van der Waals surface area contributed by atoms with Crippen LogP contribution in [-0.2, 0) is 0 Å². The number of hydrogen-bond acceptors (Lipinski definition) is 5. The molecule has 0 radical (unpaired) electrons. The maximum Gasteiger partial charge on any atom is 0.169 e. The Morgan fingerprint density at radius 1 is 1.45 bits per heavy atom. The van der Waals surface area contributed by atoms with Crippen LogP contribution < -0.4 is 0 Å². The molecular weight excluding hydrogens is 295 g/mol. The van der Waals surface area contributed by atoms with E-state index in [1.54, 1.807) is 35.9 Å². The Bertz CT molecular complexity index is 766. The fourth-order valence-electron chi connectivity index (χ4n) is 2.59. The number of fused-ring (bicyclic) bond motifs is 2. The molecule has 0 unspecified atom stereocenters. The summed E-state index contributed by atoms with van der Waals surface area (Å²) in [6, 6.07) is 4.91. The zero-order valence-electron chi connectivity index (χ0n) is 10.7. The SMILES string of the molecule is CSC1=C(c2cc(F)cc3occc23)N2CCN=C2S1. The fraction of sp³-hybridized carbons (Fsp3) is 0.214. The summed E-state index contributed by atoms with van der Waals surface area (Å²) in [6.45, 7) is 1.66. The van der Waals surface area contributed by atoms with Crippen LogP contribution in [0.5, 0.6) is 0 Å². The van der Waals surface area contributed by atoms with Crippen LogP contribution in [0.2, 0.25) is 0 Å². The van der Waals surface area contributed by atoms with E-state index >= 15 is 0 Å². The molecule has 0 aliphatic carbocycles. The standard InChI is InChI=1S/C14H11FN2OS2/c1-19-13-12(17-4-3-16-14(17)20-13)10-6-8(15)7-11-9(10)2-5-18-11/h2,5-7H,3-4H2,1H3. The Morgan fingerprint density at radius 3 is 3.20 bits per heavy atom. The van der Waals surface area contributed by atoms with Gasteiger partial charge in [0, 0.05) is 23.6 Å². The van der Waals surface area contributed by atoms with Crippen LogP contribution in [0.25, 0.3) is 16.7 Å². The van der Waals surface area contributed by atoms with E-state index in [-0.39, 0.29) is 5.82 Å². The van der Waals surface area contributed by atoms with Gasteiger partial charge in [-0.05, 0) is 30.2 Å². The predicted octanol–water partition coefficient (Wildman–Crippen LogP) is 3.98. The molecule has 0 amide bonds. The number of hydrogen-bond donors (Lipinski definition) is 0. The summed E-state index contributed by atoms with van der Waals surface area (Å²) in [4.78, 5) is 6.67. The van der Waals surface area contributed by atoms with Crippen LogP contribution in [0.4, 0.5) is 4.39 Å². The number of aliphatic imine (C=N–C) groups is 1. The summed E-state index contributed by atoms with van der Waals surface area (Å²) in [5, 5.41) is 1.96. The second-order valence-corrected chi connectivity index (χ2v) is 6.60. The summed E-state index contributed by atoms with van der Waals surface area (Å²) < 4.78 is 20.4. The molecule has 1 aromatic heterocycles. The lowest BCUT2D eigenvalue weighted by molar-refractivity contribution is 0.597. The topological polar surface area (TPSA) is 28.7 Å². The minimum absolute atomic E-state index is 0.273. The first-order valence-corrected chi connectivity index (χ1v) is 8.27. The Balaban J connectivity index is 1.97. The van der Waals surface area contributed by atoms with Crippen LogP contribution in [0.15, 0.2) is 38.1 Å². The third-order valence-electron chi connectivity index (χ3n) is 3.43. The van der Waals surface area contributed by atoms with Crippen molar-refractivity contribution in [2.75, 3.05) is 19.3 Å². The van der Waals surface area contributed by atoms with E-state index in [0.29, 0.717) is 5.58 Å². The number of thioether (sulfide) groups is 2. The number of rotatable bonds is 2. The van der Waals surface area contributed by atoms with Crippen LogP contribution in [0, 0.1) is 5.82 Å². The van der Waals surface area contributed by atoms with Gasteiger partial charge in [-0.2, -0.15) is 0 Å². The monoisotopic (exact) mass is 306 g/mol. The highest BCUT2D eigenvalue weighted by molar-refractivity contribution is 8.30. The summed E-state index contributed by atoms with van der Waals surface area (Å²) in [7, 11) is 0. The van der Waals surface area contributed by atoms with E-state index in [0.717, 1.165) is 39.1 Å². The first-order chi connectivity index (χ1) is 9.78. The number of nitrogens with zero attached hydrogens (tertiary/aromatic N) is 2. The number of amidine groups is 1. The van der Waals surface area contributed by atoms with E-state index in [1.165, 1.54) is 6.07 Å². The Kier molecular flexibility index (Phi) is 2.82. The second-order valence-electron chi connectivity index (χ2n) is 4.54. The lowest BCUT2D eigenvalue weighted by Gasteiger charge is -2.17. The van der Waals surface area contributed by atoms with Crippen LogP contribution in [0.3, 0.4) is 0 Å². The summed E-state index contributed by atoms with van der Waals surface area (Å²) in [5.74, 6) is -0.273. The Morgan fingerprint density at radius 2 is 2.35 bits per heavy atom. The van der Waals surface area contributed by atoms with Gasteiger partial charge in [0.05, 0.1) is 22.7 Å². The van der Waals surface area contributed by atoms with Gasteiger partial charge in [-0.3, -0.25) is 4.99 Å². The predicted molar refractivity (Wildman–Crippen MR) is 83.2 cm³/mol. The summed E-state index contributed by atoms with van der Waals surface area (Å²) in [6.07, 6.45) is 3.64. The molecule has 4 rings (SSSR count). The van der Waals surface area contributed by atoms with Crippen molar-refractivity contribution in [3.63, 3.8) is 0 Å². The maximum atomic E-state index is 13.9. The molecule has 0 spiro atoms. The second kappa shape index (κ2) is 4.56. The largest absolute Gasteiger partial charge is 0.464 e. The molecule has 6 heteroatoms. The number of furan rings is 1. The van der Waals surface area contributed by atoms with Gasteiger partial charge in [-0.15, -0.1) is 11.8 Å². The van der Waals surface area contributed by atoms with Crippen LogP contribution in [-0.4, -0.2) is 29.4 Å². The van der Waals surface area contributed by atoms with Gasteiger partial charge in [0.25, 0.3) is 0 Å².